The normalized spacial score (nSPS) is 11.7. The quantitative estimate of drug-likeness (QED) is 0.574. The molecule has 3 aromatic rings. The van der Waals surface area contributed by atoms with Crippen LogP contribution in [0, 0.1) is 5.82 Å². The molecule has 0 aromatic heterocycles. The van der Waals surface area contributed by atoms with Crippen LogP contribution >= 0.6 is 0 Å². The lowest BCUT2D eigenvalue weighted by Crippen LogP contribution is -2.15. The standard InChI is InChI=1S/C24H21FN2O5/c1-30-20-9-7-18(13-19(20)27-24(29)16-3-2-4-17(25)12-16)26-23(28)10-6-15-5-8-21-22(11-15)32-14-31-21/h2-5,7-9,11-13H,6,10,14H2,1H3,(H,26,28)(H,27,29). The molecule has 0 radical (unpaired) electrons. The van der Waals surface area contributed by atoms with Crippen molar-refractivity contribution in [2.45, 2.75) is 12.8 Å². The highest BCUT2D eigenvalue weighted by atomic mass is 19.1. The van der Waals surface area contributed by atoms with Gasteiger partial charge in [0.15, 0.2) is 11.5 Å². The van der Waals surface area contributed by atoms with Gasteiger partial charge in [-0.15, -0.1) is 0 Å². The number of methoxy groups -OCH3 is 1. The van der Waals surface area contributed by atoms with E-state index in [1.165, 1.54) is 25.3 Å². The van der Waals surface area contributed by atoms with Crippen molar-refractivity contribution in [1.29, 1.82) is 0 Å². The zero-order valence-corrected chi connectivity index (χ0v) is 17.3. The summed E-state index contributed by atoms with van der Waals surface area (Å²) in [7, 11) is 1.47. The highest BCUT2D eigenvalue weighted by Gasteiger charge is 2.15. The van der Waals surface area contributed by atoms with Crippen LogP contribution in [0.15, 0.2) is 60.7 Å². The summed E-state index contributed by atoms with van der Waals surface area (Å²) in [5, 5.41) is 5.51. The Bertz CT molecular complexity index is 1160. The van der Waals surface area contributed by atoms with Crippen molar-refractivity contribution < 1.29 is 28.2 Å². The molecule has 0 aliphatic carbocycles. The topological polar surface area (TPSA) is 85.9 Å². The minimum atomic E-state index is -0.506. The van der Waals surface area contributed by atoms with Gasteiger partial charge in [0, 0.05) is 17.7 Å². The SMILES string of the molecule is COc1ccc(NC(=O)CCc2ccc3c(c2)OCO3)cc1NC(=O)c1cccc(F)c1. The molecule has 164 valence electrons. The highest BCUT2D eigenvalue weighted by Crippen LogP contribution is 2.33. The molecule has 0 unspecified atom stereocenters. The van der Waals surface area contributed by atoms with Crippen LogP contribution in [0.2, 0.25) is 0 Å². The Morgan fingerprint density at radius 3 is 2.66 bits per heavy atom. The molecule has 2 N–H and O–H groups in total. The zero-order chi connectivity index (χ0) is 22.5. The fourth-order valence-corrected chi connectivity index (χ4v) is 3.29. The maximum Gasteiger partial charge on any atom is 0.255 e. The van der Waals surface area contributed by atoms with Gasteiger partial charge in [-0.3, -0.25) is 9.59 Å². The first-order valence-corrected chi connectivity index (χ1v) is 9.95. The van der Waals surface area contributed by atoms with Crippen LogP contribution in [0.1, 0.15) is 22.3 Å². The van der Waals surface area contributed by atoms with Gasteiger partial charge in [-0.2, -0.15) is 0 Å². The smallest absolute Gasteiger partial charge is 0.255 e. The van der Waals surface area contributed by atoms with Crippen LogP contribution in [0.4, 0.5) is 15.8 Å². The largest absolute Gasteiger partial charge is 0.495 e. The summed E-state index contributed by atoms with van der Waals surface area (Å²) in [6.07, 6.45) is 0.790. The number of nitrogens with one attached hydrogen (secondary N) is 2. The third kappa shape index (κ3) is 4.97. The number of rotatable bonds is 7. The third-order valence-corrected chi connectivity index (χ3v) is 4.90. The number of carbonyl (C=O) groups is 2. The van der Waals surface area contributed by atoms with Gasteiger partial charge >= 0.3 is 0 Å². The second-order valence-corrected chi connectivity index (χ2v) is 7.12. The van der Waals surface area contributed by atoms with E-state index in [9.17, 15) is 14.0 Å². The van der Waals surface area contributed by atoms with Crippen molar-refractivity contribution in [3.8, 4) is 17.2 Å². The van der Waals surface area contributed by atoms with Gasteiger partial charge in [-0.1, -0.05) is 12.1 Å². The molecule has 7 nitrogen and oxygen atoms in total. The van der Waals surface area contributed by atoms with Crippen LogP contribution in [-0.4, -0.2) is 25.7 Å². The molecule has 0 atom stereocenters. The fraction of sp³-hybridized carbons (Fsp3) is 0.167. The molecule has 4 rings (SSSR count). The first kappa shape index (κ1) is 21.2. The van der Waals surface area contributed by atoms with Gasteiger partial charge in [-0.05, 0) is 60.5 Å². The Kier molecular flexibility index (Phi) is 6.21. The van der Waals surface area contributed by atoms with Crippen molar-refractivity contribution in [2.24, 2.45) is 0 Å². The van der Waals surface area contributed by atoms with E-state index in [0.717, 1.165) is 11.6 Å². The van der Waals surface area contributed by atoms with E-state index >= 15 is 0 Å². The Hall–Kier alpha value is -4.07. The number of aryl methyl sites for hydroxylation is 1. The Labute approximate surface area is 184 Å². The molecule has 3 aromatic carbocycles. The molecule has 0 bridgehead atoms. The number of hydrogen-bond donors (Lipinski definition) is 2. The average molecular weight is 436 g/mol. The summed E-state index contributed by atoms with van der Waals surface area (Å²) in [4.78, 5) is 24.9. The molecule has 1 aliphatic heterocycles. The molecule has 2 amide bonds. The molecule has 0 fully saturated rings. The monoisotopic (exact) mass is 436 g/mol. The number of amides is 2. The van der Waals surface area contributed by atoms with E-state index < -0.39 is 11.7 Å². The molecule has 0 saturated heterocycles. The first-order valence-electron chi connectivity index (χ1n) is 9.95. The predicted octanol–water partition coefficient (Wildman–Crippen LogP) is 4.39. The lowest BCUT2D eigenvalue weighted by Gasteiger charge is -2.13. The third-order valence-electron chi connectivity index (χ3n) is 4.90. The van der Waals surface area contributed by atoms with Crippen LogP contribution in [0.3, 0.4) is 0 Å². The summed E-state index contributed by atoms with van der Waals surface area (Å²) >= 11 is 0. The lowest BCUT2D eigenvalue weighted by molar-refractivity contribution is -0.116. The second-order valence-electron chi connectivity index (χ2n) is 7.12. The molecular weight excluding hydrogens is 415 g/mol. The number of anilines is 2. The number of hydrogen-bond acceptors (Lipinski definition) is 5. The summed E-state index contributed by atoms with van der Waals surface area (Å²) in [5.41, 5.74) is 1.98. The van der Waals surface area contributed by atoms with Crippen LogP contribution < -0.4 is 24.8 Å². The van der Waals surface area contributed by atoms with Crippen molar-refractivity contribution in [3.63, 3.8) is 0 Å². The lowest BCUT2D eigenvalue weighted by atomic mass is 10.1. The maximum atomic E-state index is 13.4. The number of carbonyl (C=O) groups excluding carboxylic acids is 2. The van der Waals surface area contributed by atoms with E-state index in [0.29, 0.717) is 35.0 Å². The predicted molar refractivity (Wildman–Crippen MR) is 117 cm³/mol. The Balaban J connectivity index is 1.40. The molecule has 8 heteroatoms. The van der Waals surface area contributed by atoms with E-state index in [1.54, 1.807) is 18.2 Å². The second kappa shape index (κ2) is 9.38. The minimum Gasteiger partial charge on any atom is -0.495 e. The molecule has 32 heavy (non-hydrogen) atoms. The number of fused-ring (bicyclic) bond motifs is 1. The van der Waals surface area contributed by atoms with Crippen LogP contribution in [-0.2, 0) is 11.2 Å². The molecule has 1 heterocycles. The summed E-state index contributed by atoms with van der Waals surface area (Å²) in [5.74, 6) is 0.603. The van der Waals surface area contributed by atoms with E-state index in [1.807, 2.05) is 18.2 Å². The maximum absolute atomic E-state index is 13.4. The summed E-state index contributed by atoms with van der Waals surface area (Å²) in [6, 6.07) is 15.9. The highest BCUT2D eigenvalue weighted by molar-refractivity contribution is 6.05. The average Bonchev–Trinajstić information content (AvgIpc) is 3.26. The summed E-state index contributed by atoms with van der Waals surface area (Å²) in [6.45, 7) is 0.203. The summed E-state index contributed by atoms with van der Waals surface area (Å²) < 4.78 is 29.3. The van der Waals surface area contributed by atoms with Crippen molar-refractivity contribution in [3.05, 3.63) is 77.6 Å². The van der Waals surface area contributed by atoms with Gasteiger partial charge in [-0.25, -0.2) is 4.39 Å². The number of benzene rings is 3. The zero-order valence-electron chi connectivity index (χ0n) is 17.3. The Morgan fingerprint density at radius 1 is 1.00 bits per heavy atom. The van der Waals surface area contributed by atoms with Gasteiger partial charge in [0.05, 0.1) is 12.8 Å². The fourth-order valence-electron chi connectivity index (χ4n) is 3.29. The van der Waals surface area contributed by atoms with Gasteiger partial charge in [0.2, 0.25) is 12.7 Å². The van der Waals surface area contributed by atoms with Gasteiger partial charge in [0.1, 0.15) is 11.6 Å². The van der Waals surface area contributed by atoms with Crippen molar-refractivity contribution in [1.82, 2.24) is 0 Å². The minimum absolute atomic E-state index is 0.171. The van der Waals surface area contributed by atoms with Crippen LogP contribution in [0.5, 0.6) is 17.2 Å². The molecule has 1 aliphatic rings. The van der Waals surface area contributed by atoms with Gasteiger partial charge < -0.3 is 24.8 Å². The Morgan fingerprint density at radius 2 is 1.84 bits per heavy atom. The number of halogens is 1. The molecule has 0 saturated carbocycles. The van der Waals surface area contributed by atoms with E-state index in [-0.39, 0.29) is 24.7 Å². The van der Waals surface area contributed by atoms with Crippen LogP contribution in [0.25, 0.3) is 0 Å². The number of ether oxygens (including phenoxy) is 3. The van der Waals surface area contributed by atoms with Crippen molar-refractivity contribution >= 4 is 23.2 Å². The first-order chi connectivity index (χ1) is 15.5. The molecular formula is C24H21FN2O5. The van der Waals surface area contributed by atoms with Crippen molar-refractivity contribution in [2.75, 3.05) is 24.5 Å². The van der Waals surface area contributed by atoms with E-state index in [2.05, 4.69) is 10.6 Å². The molecule has 0 spiro atoms. The van der Waals surface area contributed by atoms with E-state index in [4.69, 9.17) is 14.2 Å². The van der Waals surface area contributed by atoms with Gasteiger partial charge in [0.25, 0.3) is 5.91 Å².